The molecule has 6 heteroatoms. The Morgan fingerprint density at radius 2 is 2.10 bits per heavy atom. The predicted molar refractivity (Wildman–Crippen MR) is 81.9 cm³/mol. The van der Waals surface area contributed by atoms with Crippen LogP contribution in [0.5, 0.6) is 11.6 Å². The van der Waals surface area contributed by atoms with Crippen LogP contribution in [0.15, 0.2) is 18.2 Å². The zero-order valence-electron chi connectivity index (χ0n) is 11.7. The number of aryl methyl sites for hydroxylation is 2. The molecule has 1 aromatic heterocycles. The van der Waals surface area contributed by atoms with Crippen LogP contribution in [-0.2, 0) is 13.6 Å². The van der Waals surface area contributed by atoms with Crippen molar-refractivity contribution >= 4 is 23.2 Å². The first kappa shape index (κ1) is 15.2. The van der Waals surface area contributed by atoms with Crippen molar-refractivity contribution in [2.45, 2.75) is 20.4 Å². The summed E-state index contributed by atoms with van der Waals surface area (Å²) in [6, 6.07) is 5.14. The molecular formula is C14H17Cl2N3O. The predicted octanol–water partition coefficient (Wildman–Crippen LogP) is 3.94. The first-order valence-corrected chi connectivity index (χ1v) is 7.14. The SMILES string of the molecule is CCNCc1c(C)nn(C)c1Oc1cc(Cl)ccc1Cl. The molecule has 0 spiro atoms. The van der Waals surface area contributed by atoms with E-state index in [9.17, 15) is 0 Å². The maximum atomic E-state index is 6.13. The molecule has 0 unspecified atom stereocenters. The smallest absolute Gasteiger partial charge is 0.222 e. The largest absolute Gasteiger partial charge is 0.437 e. The van der Waals surface area contributed by atoms with Crippen molar-refractivity contribution in [2.24, 2.45) is 7.05 Å². The van der Waals surface area contributed by atoms with Crippen LogP contribution in [0.25, 0.3) is 0 Å². The van der Waals surface area contributed by atoms with Crippen molar-refractivity contribution < 1.29 is 4.74 Å². The summed E-state index contributed by atoms with van der Waals surface area (Å²) in [7, 11) is 1.84. The lowest BCUT2D eigenvalue weighted by atomic mass is 10.2. The van der Waals surface area contributed by atoms with Crippen molar-refractivity contribution in [3.63, 3.8) is 0 Å². The highest BCUT2D eigenvalue weighted by Gasteiger charge is 2.16. The van der Waals surface area contributed by atoms with Gasteiger partial charge >= 0.3 is 0 Å². The Morgan fingerprint density at radius 3 is 2.80 bits per heavy atom. The molecule has 1 aromatic carbocycles. The fourth-order valence-electron chi connectivity index (χ4n) is 1.92. The lowest BCUT2D eigenvalue weighted by Crippen LogP contribution is -2.12. The lowest BCUT2D eigenvalue weighted by Gasteiger charge is -2.10. The fourth-order valence-corrected chi connectivity index (χ4v) is 2.24. The molecule has 0 bridgehead atoms. The van der Waals surface area contributed by atoms with Gasteiger partial charge in [-0.3, -0.25) is 0 Å². The van der Waals surface area contributed by atoms with Crippen molar-refractivity contribution in [1.29, 1.82) is 0 Å². The maximum Gasteiger partial charge on any atom is 0.222 e. The average molecular weight is 314 g/mol. The van der Waals surface area contributed by atoms with Gasteiger partial charge < -0.3 is 10.1 Å². The van der Waals surface area contributed by atoms with E-state index in [2.05, 4.69) is 17.3 Å². The highest BCUT2D eigenvalue weighted by atomic mass is 35.5. The van der Waals surface area contributed by atoms with E-state index in [-0.39, 0.29) is 0 Å². The molecule has 1 N–H and O–H groups in total. The molecule has 0 saturated heterocycles. The van der Waals surface area contributed by atoms with Crippen LogP contribution < -0.4 is 10.1 Å². The third kappa shape index (κ3) is 3.26. The molecule has 0 radical (unpaired) electrons. The zero-order valence-corrected chi connectivity index (χ0v) is 13.2. The van der Waals surface area contributed by atoms with E-state index in [4.69, 9.17) is 27.9 Å². The van der Waals surface area contributed by atoms with Crippen LogP contribution in [0.1, 0.15) is 18.2 Å². The first-order chi connectivity index (χ1) is 9.52. The minimum absolute atomic E-state index is 0.516. The zero-order chi connectivity index (χ0) is 14.7. The van der Waals surface area contributed by atoms with E-state index in [1.54, 1.807) is 22.9 Å². The summed E-state index contributed by atoms with van der Waals surface area (Å²) in [5, 5.41) is 8.76. The quantitative estimate of drug-likeness (QED) is 0.908. The van der Waals surface area contributed by atoms with Gasteiger partial charge in [-0.2, -0.15) is 5.10 Å². The molecule has 0 aliphatic carbocycles. The Balaban J connectivity index is 2.35. The number of hydrogen-bond donors (Lipinski definition) is 1. The minimum Gasteiger partial charge on any atom is -0.437 e. The Morgan fingerprint density at radius 1 is 1.35 bits per heavy atom. The van der Waals surface area contributed by atoms with Crippen LogP contribution >= 0.6 is 23.2 Å². The molecule has 0 saturated carbocycles. The van der Waals surface area contributed by atoms with Crippen LogP contribution in [0.4, 0.5) is 0 Å². The number of nitrogens with one attached hydrogen (secondary N) is 1. The van der Waals surface area contributed by atoms with E-state index >= 15 is 0 Å². The summed E-state index contributed by atoms with van der Waals surface area (Å²) in [6.07, 6.45) is 0. The van der Waals surface area contributed by atoms with Crippen molar-refractivity contribution in [2.75, 3.05) is 6.54 Å². The molecular weight excluding hydrogens is 297 g/mol. The number of benzene rings is 1. The maximum absolute atomic E-state index is 6.13. The van der Waals surface area contributed by atoms with E-state index in [1.165, 1.54) is 0 Å². The Bertz CT molecular complexity index is 611. The molecule has 2 rings (SSSR count). The topological polar surface area (TPSA) is 39.1 Å². The number of hydrogen-bond acceptors (Lipinski definition) is 3. The van der Waals surface area contributed by atoms with E-state index in [1.807, 2.05) is 14.0 Å². The fraction of sp³-hybridized carbons (Fsp3) is 0.357. The second-order valence-electron chi connectivity index (χ2n) is 4.45. The molecule has 0 fully saturated rings. The third-order valence-electron chi connectivity index (χ3n) is 2.94. The minimum atomic E-state index is 0.516. The Hall–Kier alpha value is -1.23. The standard InChI is InChI=1S/C14H17Cl2N3O/c1-4-17-8-11-9(2)18-19(3)14(11)20-13-7-10(15)5-6-12(13)16/h5-7,17H,4,8H2,1-3H3. The van der Waals surface area contributed by atoms with Crippen LogP contribution in [-0.4, -0.2) is 16.3 Å². The monoisotopic (exact) mass is 313 g/mol. The van der Waals surface area contributed by atoms with Crippen LogP contribution in [0.2, 0.25) is 10.0 Å². The highest BCUT2D eigenvalue weighted by molar-refractivity contribution is 6.34. The van der Waals surface area contributed by atoms with E-state index in [0.29, 0.717) is 28.2 Å². The Labute approximate surface area is 128 Å². The molecule has 0 aliphatic rings. The number of halogens is 2. The van der Waals surface area contributed by atoms with Gasteiger partial charge in [0.05, 0.1) is 16.3 Å². The average Bonchev–Trinajstić information content (AvgIpc) is 2.66. The summed E-state index contributed by atoms with van der Waals surface area (Å²) < 4.78 is 7.62. The number of nitrogens with zero attached hydrogens (tertiary/aromatic N) is 2. The Kier molecular flexibility index (Phi) is 4.91. The van der Waals surface area contributed by atoms with Gasteiger partial charge in [-0.1, -0.05) is 30.1 Å². The van der Waals surface area contributed by atoms with Gasteiger partial charge in [0.2, 0.25) is 5.88 Å². The number of rotatable bonds is 5. The van der Waals surface area contributed by atoms with Gasteiger partial charge in [0.25, 0.3) is 0 Å². The van der Waals surface area contributed by atoms with Crippen molar-refractivity contribution in [3.05, 3.63) is 39.5 Å². The third-order valence-corrected chi connectivity index (χ3v) is 3.49. The number of aromatic nitrogens is 2. The normalized spacial score (nSPS) is 10.8. The molecule has 0 aliphatic heterocycles. The molecule has 0 atom stereocenters. The number of ether oxygens (including phenoxy) is 1. The second kappa shape index (κ2) is 6.48. The van der Waals surface area contributed by atoms with Gasteiger partial charge in [-0.25, -0.2) is 4.68 Å². The van der Waals surface area contributed by atoms with Crippen LogP contribution in [0.3, 0.4) is 0 Å². The molecule has 20 heavy (non-hydrogen) atoms. The van der Waals surface area contributed by atoms with E-state index in [0.717, 1.165) is 17.8 Å². The highest BCUT2D eigenvalue weighted by Crippen LogP contribution is 2.34. The molecule has 4 nitrogen and oxygen atoms in total. The lowest BCUT2D eigenvalue weighted by molar-refractivity contribution is 0.424. The van der Waals surface area contributed by atoms with Gasteiger partial charge in [-0.15, -0.1) is 0 Å². The molecule has 2 aromatic rings. The van der Waals surface area contributed by atoms with Gasteiger partial charge in [-0.05, 0) is 25.6 Å². The van der Waals surface area contributed by atoms with Gasteiger partial charge in [0, 0.05) is 24.7 Å². The summed E-state index contributed by atoms with van der Waals surface area (Å²) >= 11 is 12.1. The summed E-state index contributed by atoms with van der Waals surface area (Å²) in [6.45, 7) is 5.59. The molecule has 108 valence electrons. The molecule has 0 amide bonds. The van der Waals surface area contributed by atoms with Gasteiger partial charge in [0.1, 0.15) is 5.75 Å². The van der Waals surface area contributed by atoms with Crippen molar-refractivity contribution in [3.8, 4) is 11.6 Å². The first-order valence-electron chi connectivity index (χ1n) is 6.39. The molecule has 1 heterocycles. The van der Waals surface area contributed by atoms with Gasteiger partial charge in [0.15, 0.2) is 0 Å². The second-order valence-corrected chi connectivity index (χ2v) is 5.29. The summed E-state index contributed by atoms with van der Waals surface area (Å²) in [5.74, 6) is 1.20. The summed E-state index contributed by atoms with van der Waals surface area (Å²) in [5.41, 5.74) is 1.95. The summed E-state index contributed by atoms with van der Waals surface area (Å²) in [4.78, 5) is 0. The van der Waals surface area contributed by atoms with E-state index < -0.39 is 0 Å². The van der Waals surface area contributed by atoms with Crippen LogP contribution in [0, 0.1) is 6.92 Å². The van der Waals surface area contributed by atoms with Crippen molar-refractivity contribution in [1.82, 2.24) is 15.1 Å².